The van der Waals surface area contributed by atoms with Crippen molar-refractivity contribution in [3.05, 3.63) is 47.2 Å². The number of rotatable bonds is 6. The third-order valence-corrected chi connectivity index (χ3v) is 7.74. The van der Waals surface area contributed by atoms with Gasteiger partial charge in [0.1, 0.15) is 11.1 Å². The highest BCUT2D eigenvalue weighted by Crippen LogP contribution is 2.25. The Balaban J connectivity index is 1.62. The average Bonchev–Trinajstić information content (AvgIpc) is 2.73. The van der Waals surface area contributed by atoms with E-state index in [-0.39, 0.29) is 16.6 Å². The van der Waals surface area contributed by atoms with Crippen LogP contribution in [0.2, 0.25) is 0 Å². The van der Waals surface area contributed by atoms with Gasteiger partial charge in [0.25, 0.3) is 0 Å². The van der Waals surface area contributed by atoms with Gasteiger partial charge in [0.15, 0.2) is 0 Å². The van der Waals surface area contributed by atoms with E-state index in [1.165, 1.54) is 28.2 Å². The molecule has 0 spiro atoms. The van der Waals surface area contributed by atoms with Gasteiger partial charge in [-0.05, 0) is 62.6 Å². The molecule has 1 N–H and O–H groups in total. The van der Waals surface area contributed by atoms with Gasteiger partial charge in [-0.1, -0.05) is 18.2 Å². The van der Waals surface area contributed by atoms with E-state index in [2.05, 4.69) is 16.4 Å². The molecular formula is C21H24N4O3S2. The lowest BCUT2D eigenvalue weighted by Gasteiger charge is -2.25. The van der Waals surface area contributed by atoms with Crippen molar-refractivity contribution in [3.63, 3.8) is 0 Å². The zero-order valence-electron chi connectivity index (χ0n) is 17.0. The molecule has 30 heavy (non-hydrogen) atoms. The predicted octanol–water partition coefficient (Wildman–Crippen LogP) is 3.48. The van der Waals surface area contributed by atoms with Gasteiger partial charge in [-0.25, -0.2) is 13.4 Å². The maximum Gasteiger partial charge on any atom is 0.243 e. The first kappa shape index (κ1) is 22.3. The third-order valence-electron chi connectivity index (χ3n) is 4.85. The summed E-state index contributed by atoms with van der Waals surface area (Å²) in [6.07, 6.45) is 2.82. The lowest BCUT2D eigenvalue weighted by atomic mass is 10.1. The van der Waals surface area contributed by atoms with Crippen LogP contribution in [0.25, 0.3) is 0 Å². The second-order valence-corrected chi connectivity index (χ2v) is 10.1. The minimum absolute atomic E-state index is 0.0956. The summed E-state index contributed by atoms with van der Waals surface area (Å²) in [6, 6.07) is 10.2. The molecule has 1 aromatic carbocycles. The number of pyridine rings is 1. The molecule has 0 saturated carbocycles. The number of thioether (sulfide) groups is 1. The van der Waals surface area contributed by atoms with Gasteiger partial charge >= 0.3 is 0 Å². The maximum atomic E-state index is 12.7. The molecule has 1 aromatic heterocycles. The fourth-order valence-corrected chi connectivity index (χ4v) is 5.76. The average molecular weight is 445 g/mol. The third kappa shape index (κ3) is 5.19. The number of nitriles is 1. The molecular weight excluding hydrogens is 420 g/mol. The monoisotopic (exact) mass is 444 g/mol. The topological polar surface area (TPSA) is 103 Å². The Morgan fingerprint density at radius 2 is 1.87 bits per heavy atom. The molecule has 2 aromatic rings. The number of piperidine rings is 1. The Bertz CT molecular complexity index is 1070. The van der Waals surface area contributed by atoms with Crippen molar-refractivity contribution >= 4 is 33.4 Å². The normalized spacial score (nSPS) is 14.8. The molecule has 1 amide bonds. The van der Waals surface area contributed by atoms with Crippen molar-refractivity contribution < 1.29 is 13.2 Å². The highest BCUT2D eigenvalue weighted by molar-refractivity contribution is 8.00. The lowest BCUT2D eigenvalue weighted by molar-refractivity contribution is -0.113. The number of nitrogens with zero attached hydrogens (tertiary/aromatic N) is 3. The summed E-state index contributed by atoms with van der Waals surface area (Å²) in [4.78, 5) is 16.9. The number of carbonyl (C=O) groups excluding carboxylic acids is 1. The molecule has 2 heterocycles. The van der Waals surface area contributed by atoms with Crippen molar-refractivity contribution in [3.8, 4) is 6.07 Å². The summed E-state index contributed by atoms with van der Waals surface area (Å²) in [7, 11) is -3.49. The number of benzene rings is 1. The fraction of sp³-hybridized carbons (Fsp3) is 0.381. The van der Waals surface area contributed by atoms with Crippen LogP contribution in [-0.2, 0) is 14.8 Å². The van der Waals surface area contributed by atoms with Gasteiger partial charge in [-0.2, -0.15) is 9.57 Å². The standard InChI is InChI=1S/C21H24N4O3S2/c1-15-12-16(2)23-21(19(15)13-22)29-14-20(26)24-17-6-8-18(9-7-17)30(27,28)25-10-4-3-5-11-25/h6-9,12H,3-5,10-11,14H2,1-2H3,(H,24,26). The van der Waals surface area contributed by atoms with E-state index in [1.54, 1.807) is 12.1 Å². The van der Waals surface area contributed by atoms with E-state index in [0.29, 0.717) is 29.4 Å². The van der Waals surface area contributed by atoms with Gasteiger partial charge < -0.3 is 5.32 Å². The Morgan fingerprint density at radius 1 is 1.20 bits per heavy atom. The van der Waals surface area contributed by atoms with Gasteiger partial charge in [-0.3, -0.25) is 4.79 Å². The van der Waals surface area contributed by atoms with Crippen LogP contribution in [0.1, 0.15) is 36.1 Å². The van der Waals surface area contributed by atoms with Crippen molar-refractivity contribution in [1.29, 1.82) is 5.26 Å². The number of carbonyl (C=O) groups is 1. The second kappa shape index (κ2) is 9.60. The number of hydrogen-bond acceptors (Lipinski definition) is 6. The van der Waals surface area contributed by atoms with E-state index < -0.39 is 10.0 Å². The Kier molecular flexibility index (Phi) is 7.13. The van der Waals surface area contributed by atoms with Gasteiger partial charge in [0, 0.05) is 24.5 Å². The van der Waals surface area contributed by atoms with Crippen LogP contribution in [0.4, 0.5) is 5.69 Å². The first-order valence-electron chi connectivity index (χ1n) is 9.72. The predicted molar refractivity (Wildman–Crippen MR) is 117 cm³/mol. The highest BCUT2D eigenvalue weighted by atomic mass is 32.2. The van der Waals surface area contributed by atoms with Gasteiger partial charge in [-0.15, -0.1) is 0 Å². The Labute approximate surface area is 181 Å². The number of anilines is 1. The molecule has 3 rings (SSSR count). The molecule has 0 radical (unpaired) electrons. The summed E-state index contributed by atoms with van der Waals surface area (Å²) in [5.74, 6) is -0.158. The molecule has 0 bridgehead atoms. The minimum Gasteiger partial charge on any atom is -0.325 e. The number of nitrogens with one attached hydrogen (secondary N) is 1. The molecule has 0 aliphatic carbocycles. The molecule has 7 nitrogen and oxygen atoms in total. The number of aryl methyl sites for hydroxylation is 2. The van der Waals surface area contributed by atoms with Crippen LogP contribution in [-0.4, -0.2) is 42.5 Å². The molecule has 1 fully saturated rings. The van der Waals surface area contributed by atoms with E-state index in [9.17, 15) is 18.5 Å². The van der Waals surface area contributed by atoms with Crippen LogP contribution >= 0.6 is 11.8 Å². The van der Waals surface area contributed by atoms with E-state index in [0.717, 1.165) is 30.5 Å². The largest absolute Gasteiger partial charge is 0.325 e. The van der Waals surface area contributed by atoms with E-state index in [1.807, 2.05) is 19.9 Å². The molecule has 158 valence electrons. The molecule has 0 unspecified atom stereocenters. The van der Waals surface area contributed by atoms with Crippen LogP contribution < -0.4 is 5.32 Å². The second-order valence-electron chi connectivity index (χ2n) is 7.20. The number of amides is 1. The number of aromatic nitrogens is 1. The summed E-state index contributed by atoms with van der Waals surface area (Å²) in [5, 5.41) is 12.6. The van der Waals surface area contributed by atoms with Crippen molar-refractivity contribution in [2.24, 2.45) is 0 Å². The molecule has 1 saturated heterocycles. The summed E-state index contributed by atoms with van der Waals surface area (Å²) in [5.41, 5.74) is 2.62. The zero-order valence-corrected chi connectivity index (χ0v) is 18.6. The van der Waals surface area contributed by atoms with Crippen LogP contribution in [0.15, 0.2) is 40.3 Å². The zero-order chi connectivity index (χ0) is 21.7. The molecule has 1 aliphatic rings. The summed E-state index contributed by atoms with van der Waals surface area (Å²) >= 11 is 1.21. The summed E-state index contributed by atoms with van der Waals surface area (Å²) in [6.45, 7) is 4.79. The van der Waals surface area contributed by atoms with Crippen molar-refractivity contribution in [2.75, 3.05) is 24.2 Å². The van der Waals surface area contributed by atoms with E-state index in [4.69, 9.17) is 0 Å². The lowest BCUT2D eigenvalue weighted by Crippen LogP contribution is -2.35. The molecule has 0 atom stereocenters. The number of sulfonamides is 1. The Hall–Kier alpha value is -2.41. The maximum absolute atomic E-state index is 12.7. The molecule has 1 aliphatic heterocycles. The fourth-order valence-electron chi connectivity index (χ4n) is 3.34. The SMILES string of the molecule is Cc1cc(C)c(C#N)c(SCC(=O)Nc2ccc(S(=O)(=O)N3CCCCC3)cc2)n1. The highest BCUT2D eigenvalue weighted by Gasteiger charge is 2.25. The first-order chi connectivity index (χ1) is 14.3. The van der Waals surface area contributed by atoms with E-state index >= 15 is 0 Å². The van der Waals surface area contributed by atoms with Crippen LogP contribution in [0.5, 0.6) is 0 Å². The smallest absolute Gasteiger partial charge is 0.243 e. The Morgan fingerprint density at radius 3 is 2.50 bits per heavy atom. The van der Waals surface area contributed by atoms with Crippen molar-refractivity contribution in [1.82, 2.24) is 9.29 Å². The minimum atomic E-state index is -3.49. The first-order valence-corrected chi connectivity index (χ1v) is 12.1. The number of hydrogen-bond donors (Lipinski definition) is 1. The molecule has 9 heteroatoms. The van der Waals surface area contributed by atoms with Crippen molar-refractivity contribution in [2.45, 2.75) is 43.0 Å². The quantitative estimate of drug-likeness (QED) is 0.684. The van der Waals surface area contributed by atoms with Gasteiger partial charge in [0.05, 0.1) is 16.2 Å². The van der Waals surface area contributed by atoms with Crippen LogP contribution in [0, 0.1) is 25.2 Å². The van der Waals surface area contributed by atoms with Crippen LogP contribution in [0.3, 0.4) is 0 Å². The van der Waals surface area contributed by atoms with Gasteiger partial charge in [0.2, 0.25) is 15.9 Å². The summed E-state index contributed by atoms with van der Waals surface area (Å²) < 4.78 is 26.9.